The number of benzene rings is 2. The van der Waals surface area contributed by atoms with Gasteiger partial charge in [0.2, 0.25) is 0 Å². The van der Waals surface area contributed by atoms with Gasteiger partial charge < -0.3 is 14.0 Å². The Balaban J connectivity index is 0.000000197. The average Bonchev–Trinajstić information content (AvgIpc) is 3.32. The van der Waals surface area contributed by atoms with Crippen molar-refractivity contribution in [2.24, 2.45) is 0 Å². The summed E-state index contributed by atoms with van der Waals surface area (Å²) in [5, 5.41) is 5.32. The summed E-state index contributed by atoms with van der Waals surface area (Å²) in [5.74, 6) is 0. The van der Waals surface area contributed by atoms with Gasteiger partial charge in [0.15, 0.2) is 0 Å². The molecule has 1 saturated carbocycles. The Labute approximate surface area is 183 Å². The first-order valence-corrected chi connectivity index (χ1v) is 9.14. The topological polar surface area (TPSA) is 0 Å². The van der Waals surface area contributed by atoms with Crippen molar-refractivity contribution >= 4 is 21.5 Å². The summed E-state index contributed by atoms with van der Waals surface area (Å²) in [7, 11) is 0. The van der Waals surface area contributed by atoms with E-state index in [0.29, 0.717) is 0 Å². The molecule has 1 aliphatic carbocycles. The third kappa shape index (κ3) is 7.43. The van der Waals surface area contributed by atoms with Crippen molar-refractivity contribution in [3.05, 3.63) is 105 Å². The number of hydrogen-bond acceptors (Lipinski definition) is 0. The maximum atomic E-state index is 5.55. The van der Waals surface area contributed by atoms with E-state index in [1.165, 1.54) is 59.2 Å². The third-order valence-corrected chi connectivity index (χ3v) is 4.59. The van der Waals surface area contributed by atoms with Crippen LogP contribution in [0.4, 0.5) is 0 Å². The molecule has 0 spiro atoms. The van der Waals surface area contributed by atoms with E-state index in [9.17, 15) is 0 Å². The third-order valence-electron chi connectivity index (χ3n) is 4.59. The Hall–Kier alpha value is -1.72. The molecule has 0 N–H and O–H groups in total. The summed E-state index contributed by atoms with van der Waals surface area (Å²) in [6.45, 7) is 5.55. The van der Waals surface area contributed by atoms with Gasteiger partial charge in [0, 0.05) is 0 Å². The summed E-state index contributed by atoms with van der Waals surface area (Å²) in [5.41, 5.74) is 1.21. The number of hydrogen-bond donors (Lipinski definition) is 0. The van der Waals surface area contributed by atoms with E-state index in [0.717, 1.165) is 0 Å². The molecular weight excluding hydrogens is 404 g/mol. The predicted molar refractivity (Wildman–Crippen MR) is 116 cm³/mol. The summed E-state index contributed by atoms with van der Waals surface area (Å²) in [4.78, 5) is 0. The summed E-state index contributed by atoms with van der Waals surface area (Å²) < 4.78 is 0. The van der Waals surface area contributed by atoms with Crippen LogP contribution >= 0.6 is 0 Å². The van der Waals surface area contributed by atoms with E-state index in [1.54, 1.807) is 0 Å². The molecule has 0 aliphatic heterocycles. The number of rotatable bonds is 0. The van der Waals surface area contributed by atoms with Gasteiger partial charge in [-0.1, -0.05) is 44.2 Å². The van der Waals surface area contributed by atoms with Crippen LogP contribution in [0.25, 0.3) is 21.5 Å². The van der Waals surface area contributed by atoms with Crippen molar-refractivity contribution in [3.8, 4) is 0 Å². The van der Waals surface area contributed by atoms with Gasteiger partial charge in [-0.2, -0.15) is 35.0 Å². The molecular formula is C26H28Zr. The van der Waals surface area contributed by atoms with E-state index in [4.69, 9.17) is 6.58 Å². The fraction of sp³-hybridized carbons (Fsp3) is 0.192. The molecule has 0 amide bonds. The summed E-state index contributed by atoms with van der Waals surface area (Å²) in [6.07, 6.45) is 6.40. The fourth-order valence-corrected chi connectivity index (χ4v) is 3.15. The monoisotopic (exact) mass is 430 g/mol. The molecule has 4 aromatic rings. The first kappa shape index (κ1) is 23.3. The fourth-order valence-electron chi connectivity index (χ4n) is 3.15. The van der Waals surface area contributed by atoms with Crippen LogP contribution in [0.15, 0.2) is 90.5 Å². The molecule has 5 rings (SSSR count). The Bertz CT molecular complexity index is 775. The van der Waals surface area contributed by atoms with Crippen molar-refractivity contribution in [2.75, 3.05) is 0 Å². The zero-order valence-corrected chi connectivity index (χ0v) is 18.7. The molecule has 1 fully saturated rings. The zero-order chi connectivity index (χ0) is 17.3. The number of fused-ring (bicyclic) bond motifs is 2. The first-order valence-electron chi connectivity index (χ1n) is 9.14. The molecule has 0 aromatic heterocycles. The summed E-state index contributed by atoms with van der Waals surface area (Å²) >= 11 is 0. The van der Waals surface area contributed by atoms with Crippen LogP contribution in [-0.2, 0) is 26.2 Å². The smallest absolute Gasteiger partial charge is 0.514 e. The van der Waals surface area contributed by atoms with Crippen LogP contribution in [0.2, 0.25) is 0 Å². The minimum absolute atomic E-state index is 0. The van der Waals surface area contributed by atoms with Gasteiger partial charge in [0.25, 0.3) is 0 Å². The molecule has 0 saturated heterocycles. The standard InChI is InChI=1S/2C9H7.C7H11.CH3.Zr/c2*1-2-5-9-7-3-6-8(9)4-1;1-7-5-3-2-4-6-7;;/h2*1-7H;1H,2-6H2;1H3;/q4*-1;+4. The normalized spacial score (nSPS) is 12.7. The van der Waals surface area contributed by atoms with E-state index in [-0.39, 0.29) is 33.6 Å². The Morgan fingerprint density at radius 2 is 1.07 bits per heavy atom. The quantitative estimate of drug-likeness (QED) is 0.248. The van der Waals surface area contributed by atoms with Gasteiger partial charge in [0.05, 0.1) is 0 Å². The molecule has 0 nitrogen and oxygen atoms in total. The molecule has 27 heavy (non-hydrogen) atoms. The average molecular weight is 432 g/mol. The van der Waals surface area contributed by atoms with Crippen LogP contribution < -0.4 is 0 Å². The summed E-state index contributed by atoms with van der Waals surface area (Å²) in [6, 6.07) is 29.3. The van der Waals surface area contributed by atoms with Gasteiger partial charge in [-0.15, -0.1) is 59.3 Å². The molecule has 1 heteroatoms. The van der Waals surface area contributed by atoms with Crippen LogP contribution in [-0.4, -0.2) is 0 Å². The SMILES string of the molecule is [CH-]=C1CCCCC1.[CH3-].[Zr+4].c1ccc2[cH-]ccc2c1.c1ccc2[cH-]ccc2c1. The maximum absolute atomic E-state index is 5.55. The second-order valence-corrected chi connectivity index (χ2v) is 6.53. The van der Waals surface area contributed by atoms with Crippen molar-refractivity contribution in [1.29, 1.82) is 0 Å². The molecule has 0 atom stereocenters. The first-order chi connectivity index (χ1) is 12.3. The predicted octanol–water partition coefficient (Wildman–Crippen LogP) is 7.88. The molecule has 1 aliphatic rings. The van der Waals surface area contributed by atoms with Gasteiger partial charge in [-0.3, -0.25) is 5.57 Å². The molecule has 0 heterocycles. The molecule has 4 aromatic carbocycles. The molecule has 0 radical (unpaired) electrons. The van der Waals surface area contributed by atoms with Crippen molar-refractivity contribution < 1.29 is 26.2 Å². The van der Waals surface area contributed by atoms with Gasteiger partial charge in [0.1, 0.15) is 0 Å². The van der Waals surface area contributed by atoms with Crippen LogP contribution in [0.1, 0.15) is 32.1 Å². The zero-order valence-electron chi connectivity index (χ0n) is 16.2. The van der Waals surface area contributed by atoms with Crippen molar-refractivity contribution in [2.45, 2.75) is 32.1 Å². The Morgan fingerprint density at radius 1 is 0.630 bits per heavy atom. The molecule has 0 unspecified atom stereocenters. The van der Waals surface area contributed by atoms with E-state index in [1.807, 2.05) is 0 Å². The Kier molecular flexibility index (Phi) is 10.9. The molecule has 0 bridgehead atoms. The van der Waals surface area contributed by atoms with Crippen molar-refractivity contribution in [3.63, 3.8) is 0 Å². The minimum atomic E-state index is 0. The van der Waals surface area contributed by atoms with Gasteiger partial charge >= 0.3 is 26.2 Å². The van der Waals surface area contributed by atoms with E-state index < -0.39 is 0 Å². The van der Waals surface area contributed by atoms with E-state index >= 15 is 0 Å². The Morgan fingerprint density at radius 3 is 1.44 bits per heavy atom. The largest absolute Gasteiger partial charge is 4.00 e. The molecule has 136 valence electrons. The number of allylic oxidation sites excluding steroid dienone is 1. The second-order valence-electron chi connectivity index (χ2n) is 6.53. The van der Waals surface area contributed by atoms with Crippen LogP contribution in [0.5, 0.6) is 0 Å². The van der Waals surface area contributed by atoms with Gasteiger partial charge in [-0.25, -0.2) is 0 Å². The van der Waals surface area contributed by atoms with Crippen LogP contribution in [0, 0.1) is 14.0 Å². The van der Waals surface area contributed by atoms with E-state index in [2.05, 4.69) is 84.9 Å². The second kappa shape index (κ2) is 12.6. The minimum Gasteiger partial charge on any atom is -0.514 e. The van der Waals surface area contributed by atoms with Crippen molar-refractivity contribution in [1.82, 2.24) is 0 Å². The van der Waals surface area contributed by atoms with Crippen LogP contribution in [0.3, 0.4) is 0 Å². The maximum Gasteiger partial charge on any atom is 4.00 e. The van der Waals surface area contributed by atoms with Gasteiger partial charge in [-0.05, 0) is 0 Å².